The Kier molecular flexibility index (Phi) is 3.52. The van der Waals surface area contributed by atoms with E-state index in [4.69, 9.17) is 8.83 Å². The van der Waals surface area contributed by atoms with Gasteiger partial charge in [0.15, 0.2) is 10.6 Å². The normalized spacial score (nSPS) is 16.0. The lowest BCUT2D eigenvalue weighted by atomic mass is 10.0. The molecule has 0 saturated carbocycles. The summed E-state index contributed by atoms with van der Waals surface area (Å²) in [4.78, 5) is 33.0. The second kappa shape index (κ2) is 6.14. The van der Waals surface area contributed by atoms with Crippen molar-refractivity contribution in [3.8, 4) is 0 Å². The molecule has 2 aromatic carbocycles. The molecule has 1 aliphatic rings. The molecule has 1 amide bonds. The Morgan fingerprint density at radius 2 is 1.93 bits per heavy atom. The van der Waals surface area contributed by atoms with Crippen LogP contribution in [0.4, 0.5) is 5.13 Å². The van der Waals surface area contributed by atoms with Gasteiger partial charge in [-0.05, 0) is 48.9 Å². The van der Waals surface area contributed by atoms with E-state index in [0.29, 0.717) is 21.9 Å². The molecule has 1 atom stereocenters. The molecule has 0 radical (unpaired) electrons. The predicted molar refractivity (Wildman–Crippen MR) is 114 cm³/mol. The van der Waals surface area contributed by atoms with Crippen LogP contribution < -0.4 is 10.3 Å². The quantitative estimate of drug-likeness (QED) is 0.404. The molecule has 0 bridgehead atoms. The summed E-state index contributed by atoms with van der Waals surface area (Å²) in [5.74, 6) is 0.126. The molecule has 0 fully saturated rings. The van der Waals surface area contributed by atoms with Crippen molar-refractivity contribution in [2.45, 2.75) is 13.0 Å². The Balaban J connectivity index is 1.64. The van der Waals surface area contributed by atoms with Crippen LogP contribution in [-0.4, -0.2) is 10.9 Å². The van der Waals surface area contributed by atoms with Crippen LogP contribution in [0.2, 0.25) is 0 Å². The van der Waals surface area contributed by atoms with Crippen molar-refractivity contribution in [3.63, 3.8) is 0 Å². The molecular weight excluding hydrogens is 400 g/mol. The summed E-state index contributed by atoms with van der Waals surface area (Å²) in [6.45, 7) is 2.01. The van der Waals surface area contributed by atoms with E-state index in [1.165, 1.54) is 22.5 Å². The van der Waals surface area contributed by atoms with Crippen LogP contribution in [0.25, 0.3) is 21.2 Å². The minimum Gasteiger partial charge on any atom is -0.467 e. The van der Waals surface area contributed by atoms with Crippen LogP contribution >= 0.6 is 11.3 Å². The van der Waals surface area contributed by atoms with E-state index < -0.39 is 11.9 Å². The number of hydrogen-bond acceptors (Lipinski definition) is 6. The second-order valence-corrected chi connectivity index (χ2v) is 8.24. The first-order chi connectivity index (χ1) is 14.6. The summed E-state index contributed by atoms with van der Waals surface area (Å²) in [5, 5.41) is 0.930. The molecule has 4 heterocycles. The SMILES string of the molecule is Cc1ccc2nc(N3C(=O)c4oc5ccccc5c(=O)c4[C@@H]3c3ccco3)sc2c1. The number of aryl methyl sites for hydroxylation is 1. The number of amides is 1. The van der Waals surface area contributed by atoms with Gasteiger partial charge in [0.05, 0.1) is 27.4 Å². The van der Waals surface area contributed by atoms with Gasteiger partial charge < -0.3 is 8.83 Å². The van der Waals surface area contributed by atoms with Gasteiger partial charge in [0, 0.05) is 0 Å². The van der Waals surface area contributed by atoms with Crippen LogP contribution in [0.15, 0.2) is 74.5 Å². The van der Waals surface area contributed by atoms with Crippen molar-refractivity contribution in [3.05, 3.63) is 93.7 Å². The highest BCUT2D eigenvalue weighted by Crippen LogP contribution is 2.43. The van der Waals surface area contributed by atoms with Gasteiger partial charge in [0.25, 0.3) is 5.91 Å². The Bertz CT molecular complexity index is 1510. The number of hydrogen-bond donors (Lipinski definition) is 0. The van der Waals surface area contributed by atoms with E-state index in [9.17, 15) is 9.59 Å². The Labute approximate surface area is 174 Å². The summed E-state index contributed by atoms with van der Waals surface area (Å²) in [6.07, 6.45) is 1.53. The predicted octanol–water partition coefficient (Wildman–Crippen LogP) is 5.05. The fourth-order valence-electron chi connectivity index (χ4n) is 3.96. The van der Waals surface area contributed by atoms with Crippen LogP contribution in [-0.2, 0) is 0 Å². The molecule has 6 rings (SSSR count). The molecule has 3 aromatic heterocycles. The van der Waals surface area contributed by atoms with E-state index in [2.05, 4.69) is 4.98 Å². The maximum absolute atomic E-state index is 13.5. The zero-order chi connectivity index (χ0) is 20.4. The Morgan fingerprint density at radius 3 is 2.77 bits per heavy atom. The fraction of sp³-hybridized carbons (Fsp3) is 0.0870. The van der Waals surface area contributed by atoms with E-state index >= 15 is 0 Å². The van der Waals surface area contributed by atoms with Crippen LogP contribution in [0.5, 0.6) is 0 Å². The van der Waals surface area contributed by atoms with Crippen molar-refractivity contribution in [1.82, 2.24) is 4.98 Å². The zero-order valence-corrected chi connectivity index (χ0v) is 16.6. The maximum Gasteiger partial charge on any atom is 0.297 e. The lowest BCUT2D eigenvalue weighted by molar-refractivity contribution is 0.0969. The average Bonchev–Trinajstić information content (AvgIpc) is 3.46. The Hall–Kier alpha value is -3.71. The summed E-state index contributed by atoms with van der Waals surface area (Å²) in [5.41, 5.74) is 2.34. The topological polar surface area (TPSA) is 76.6 Å². The lowest BCUT2D eigenvalue weighted by Crippen LogP contribution is -2.29. The van der Waals surface area contributed by atoms with Gasteiger partial charge in [-0.2, -0.15) is 0 Å². The van der Waals surface area contributed by atoms with Crippen molar-refractivity contribution >= 4 is 43.6 Å². The number of benzene rings is 2. The first-order valence-electron chi connectivity index (χ1n) is 9.42. The number of fused-ring (bicyclic) bond motifs is 3. The van der Waals surface area contributed by atoms with Crippen LogP contribution in [0.1, 0.15) is 33.5 Å². The molecule has 1 aliphatic heterocycles. The minimum atomic E-state index is -0.731. The van der Waals surface area contributed by atoms with E-state index in [0.717, 1.165) is 15.8 Å². The van der Waals surface area contributed by atoms with Gasteiger partial charge in [-0.1, -0.05) is 29.5 Å². The molecule has 0 spiro atoms. The first-order valence-corrected chi connectivity index (χ1v) is 10.2. The second-order valence-electron chi connectivity index (χ2n) is 7.23. The fourth-order valence-corrected chi connectivity index (χ4v) is 5.05. The lowest BCUT2D eigenvalue weighted by Gasteiger charge is -2.19. The molecule has 0 aliphatic carbocycles. The standard InChI is InChI=1S/C23H14N2O4S/c1-12-8-9-14-17(11-12)30-23(24-14)25-19(16-7-4-10-28-16)18-20(26)13-5-2-3-6-15(13)29-21(18)22(25)27/h2-11,19H,1H3/t19-/m0/s1. The van der Waals surface area contributed by atoms with Crippen molar-refractivity contribution in [1.29, 1.82) is 0 Å². The number of carbonyl (C=O) groups excluding carboxylic acids is 1. The molecule has 146 valence electrons. The van der Waals surface area contributed by atoms with Gasteiger partial charge in [-0.3, -0.25) is 14.5 Å². The van der Waals surface area contributed by atoms with Crippen LogP contribution in [0.3, 0.4) is 0 Å². The van der Waals surface area contributed by atoms with Crippen molar-refractivity contribution < 1.29 is 13.6 Å². The number of aromatic nitrogens is 1. The Morgan fingerprint density at radius 1 is 1.07 bits per heavy atom. The number of thiazole rings is 1. The number of furan rings is 1. The molecule has 7 heteroatoms. The molecule has 5 aromatic rings. The molecule has 0 unspecified atom stereocenters. The van der Waals surface area contributed by atoms with Gasteiger partial charge in [-0.25, -0.2) is 4.98 Å². The van der Waals surface area contributed by atoms with Gasteiger partial charge in [0.1, 0.15) is 17.4 Å². The number of rotatable bonds is 2. The molecule has 30 heavy (non-hydrogen) atoms. The summed E-state index contributed by atoms with van der Waals surface area (Å²) < 4.78 is 12.5. The monoisotopic (exact) mass is 414 g/mol. The third kappa shape index (κ3) is 2.32. The minimum absolute atomic E-state index is 0.0375. The van der Waals surface area contributed by atoms with E-state index in [1.807, 2.05) is 25.1 Å². The van der Waals surface area contributed by atoms with E-state index in [-0.39, 0.29) is 16.8 Å². The van der Waals surface area contributed by atoms with Gasteiger partial charge in [-0.15, -0.1) is 0 Å². The van der Waals surface area contributed by atoms with Gasteiger partial charge >= 0.3 is 0 Å². The van der Waals surface area contributed by atoms with E-state index in [1.54, 1.807) is 36.4 Å². The van der Waals surface area contributed by atoms with Crippen molar-refractivity contribution in [2.75, 3.05) is 4.90 Å². The zero-order valence-electron chi connectivity index (χ0n) is 15.8. The maximum atomic E-state index is 13.5. The molecule has 0 N–H and O–H groups in total. The highest BCUT2D eigenvalue weighted by molar-refractivity contribution is 7.22. The number of carbonyl (C=O) groups is 1. The smallest absolute Gasteiger partial charge is 0.297 e. The molecule has 0 saturated heterocycles. The third-order valence-corrected chi connectivity index (χ3v) is 6.35. The number of anilines is 1. The third-order valence-electron chi connectivity index (χ3n) is 5.33. The van der Waals surface area contributed by atoms with Crippen molar-refractivity contribution in [2.24, 2.45) is 0 Å². The highest BCUT2D eigenvalue weighted by Gasteiger charge is 2.46. The highest BCUT2D eigenvalue weighted by atomic mass is 32.1. The number of para-hydroxylation sites is 1. The summed E-state index contributed by atoms with van der Waals surface area (Å²) in [6, 6.07) is 15.6. The summed E-state index contributed by atoms with van der Waals surface area (Å²) in [7, 11) is 0. The average molecular weight is 414 g/mol. The molecule has 6 nitrogen and oxygen atoms in total. The molecular formula is C23H14N2O4S. The first kappa shape index (κ1) is 17.2. The largest absolute Gasteiger partial charge is 0.467 e. The van der Waals surface area contributed by atoms with Crippen LogP contribution in [0, 0.1) is 6.92 Å². The van der Waals surface area contributed by atoms with Gasteiger partial charge in [0.2, 0.25) is 5.76 Å². The number of nitrogens with zero attached hydrogens (tertiary/aromatic N) is 2. The summed E-state index contributed by atoms with van der Waals surface area (Å²) >= 11 is 1.40.